The van der Waals surface area contributed by atoms with Crippen molar-refractivity contribution in [1.82, 2.24) is 9.80 Å². The first-order valence-electron chi connectivity index (χ1n) is 14.3. The summed E-state index contributed by atoms with van der Waals surface area (Å²) in [4.78, 5) is 30.6. The van der Waals surface area contributed by atoms with Crippen molar-refractivity contribution in [3.63, 3.8) is 0 Å². The zero-order valence-corrected chi connectivity index (χ0v) is 25.0. The first-order chi connectivity index (χ1) is 20.3. The molecule has 0 radical (unpaired) electrons. The highest BCUT2D eigenvalue weighted by Gasteiger charge is 2.21. The predicted octanol–water partition coefficient (Wildman–Crippen LogP) is 6.44. The van der Waals surface area contributed by atoms with E-state index in [9.17, 15) is 9.59 Å². The zero-order chi connectivity index (χ0) is 29.9. The second-order valence-corrected chi connectivity index (χ2v) is 10.6. The van der Waals surface area contributed by atoms with Gasteiger partial charge in [-0.25, -0.2) is 0 Å². The van der Waals surface area contributed by atoms with Crippen molar-refractivity contribution in [2.45, 2.75) is 40.8 Å². The summed E-state index contributed by atoms with van der Waals surface area (Å²) < 4.78 is 12.0. The fourth-order valence-electron chi connectivity index (χ4n) is 4.94. The third kappa shape index (κ3) is 8.46. The summed E-state index contributed by atoms with van der Waals surface area (Å²) in [6, 6.07) is 31.6. The molecule has 4 aromatic rings. The smallest absolute Gasteiger partial charge is 0.260 e. The number of ether oxygens (including phenoxy) is 2. The highest BCUT2D eigenvalue weighted by molar-refractivity contribution is 5.79. The van der Waals surface area contributed by atoms with Gasteiger partial charge in [0.05, 0.1) is 0 Å². The summed E-state index contributed by atoms with van der Waals surface area (Å²) in [6.07, 6.45) is 0. The van der Waals surface area contributed by atoms with Gasteiger partial charge in [-0.2, -0.15) is 0 Å². The van der Waals surface area contributed by atoms with Crippen LogP contribution < -0.4 is 9.47 Å². The van der Waals surface area contributed by atoms with Crippen molar-refractivity contribution in [1.29, 1.82) is 0 Å². The van der Waals surface area contributed by atoms with Crippen LogP contribution in [0.4, 0.5) is 0 Å². The van der Waals surface area contributed by atoms with E-state index >= 15 is 0 Å². The summed E-state index contributed by atoms with van der Waals surface area (Å²) >= 11 is 0. The van der Waals surface area contributed by atoms with E-state index in [4.69, 9.17) is 9.47 Å². The number of nitrogens with zero attached hydrogens (tertiary/aromatic N) is 2. The molecule has 6 heteroatoms. The van der Waals surface area contributed by atoms with Crippen molar-refractivity contribution in [3.8, 4) is 11.5 Å². The van der Waals surface area contributed by atoms with Crippen LogP contribution in [0.25, 0.3) is 0 Å². The lowest BCUT2D eigenvalue weighted by atomic mass is 10.1. The second-order valence-electron chi connectivity index (χ2n) is 10.6. The summed E-state index contributed by atoms with van der Waals surface area (Å²) in [5, 5.41) is 0. The molecule has 0 fully saturated rings. The monoisotopic (exact) mass is 564 g/mol. The molecule has 0 aliphatic carbocycles. The van der Waals surface area contributed by atoms with Gasteiger partial charge in [-0.15, -0.1) is 0 Å². The van der Waals surface area contributed by atoms with Crippen LogP contribution in [0, 0.1) is 27.7 Å². The van der Waals surface area contributed by atoms with Gasteiger partial charge in [0.15, 0.2) is 13.2 Å². The molecule has 0 unspecified atom stereocenters. The first-order valence-corrected chi connectivity index (χ1v) is 14.3. The van der Waals surface area contributed by atoms with Gasteiger partial charge in [0.25, 0.3) is 11.8 Å². The Bertz CT molecular complexity index is 1320. The number of rotatable bonds is 13. The predicted molar refractivity (Wildman–Crippen MR) is 167 cm³/mol. The molecule has 4 aromatic carbocycles. The van der Waals surface area contributed by atoms with Crippen LogP contribution in [0.2, 0.25) is 0 Å². The molecule has 0 N–H and O–H groups in total. The minimum absolute atomic E-state index is 0.0825. The van der Waals surface area contributed by atoms with E-state index in [1.165, 1.54) is 0 Å². The maximum Gasteiger partial charge on any atom is 0.260 e. The Kier molecular flexibility index (Phi) is 10.8. The molecule has 0 aromatic heterocycles. The second kappa shape index (κ2) is 14.9. The molecule has 0 atom stereocenters. The number of carbonyl (C=O) groups is 2. The average Bonchev–Trinajstić information content (AvgIpc) is 2.99. The Morgan fingerprint density at radius 2 is 0.833 bits per heavy atom. The molecule has 0 bridgehead atoms. The van der Waals surface area contributed by atoms with E-state index in [-0.39, 0.29) is 25.0 Å². The van der Waals surface area contributed by atoms with E-state index in [2.05, 4.69) is 0 Å². The maximum atomic E-state index is 13.5. The molecule has 0 heterocycles. The van der Waals surface area contributed by atoms with Crippen molar-refractivity contribution in [2.75, 3.05) is 26.3 Å². The number of para-hydroxylation sites is 2. The van der Waals surface area contributed by atoms with Crippen LogP contribution in [-0.2, 0) is 22.7 Å². The number of hydrogen-bond acceptors (Lipinski definition) is 4. The van der Waals surface area contributed by atoms with Crippen molar-refractivity contribution in [3.05, 3.63) is 130 Å². The Hall–Kier alpha value is -4.58. The zero-order valence-electron chi connectivity index (χ0n) is 25.0. The molecule has 2 amide bonds. The minimum atomic E-state index is -0.139. The maximum absolute atomic E-state index is 13.5. The molecular formula is C36H40N2O4. The molecule has 0 saturated carbocycles. The largest absolute Gasteiger partial charge is 0.483 e. The minimum Gasteiger partial charge on any atom is -0.483 e. The van der Waals surface area contributed by atoms with Crippen LogP contribution in [0.3, 0.4) is 0 Å². The fraction of sp³-hybridized carbons (Fsp3) is 0.278. The summed E-state index contributed by atoms with van der Waals surface area (Å²) in [5.74, 6) is 1.19. The lowest BCUT2D eigenvalue weighted by Gasteiger charge is -2.29. The molecule has 0 saturated heterocycles. The number of hydrogen-bond donors (Lipinski definition) is 0. The van der Waals surface area contributed by atoms with E-state index in [1.807, 2.05) is 125 Å². The number of benzene rings is 4. The van der Waals surface area contributed by atoms with Gasteiger partial charge in [-0.1, -0.05) is 97.1 Å². The van der Waals surface area contributed by atoms with Crippen LogP contribution in [0.1, 0.15) is 33.4 Å². The van der Waals surface area contributed by atoms with Gasteiger partial charge in [-0.3, -0.25) is 9.59 Å². The molecule has 0 aliphatic rings. The van der Waals surface area contributed by atoms with Crippen molar-refractivity contribution in [2.24, 2.45) is 0 Å². The standard InChI is InChI=1S/C36H40N2O4/c1-27-13-11-14-28(2)35(27)41-25-33(39)37(23-31-17-7-5-8-18-31)21-22-38(24-32-19-9-6-10-20-32)34(40)26-42-36-29(3)15-12-16-30(36)4/h5-20H,21-26H2,1-4H3. The third-order valence-corrected chi connectivity index (χ3v) is 7.28. The highest BCUT2D eigenvalue weighted by Crippen LogP contribution is 2.23. The first kappa shape index (κ1) is 30.4. The normalized spacial score (nSPS) is 10.7. The number of amides is 2. The molecule has 6 nitrogen and oxygen atoms in total. The van der Waals surface area contributed by atoms with Gasteiger partial charge in [0, 0.05) is 26.2 Å². The molecule has 42 heavy (non-hydrogen) atoms. The van der Waals surface area contributed by atoms with Crippen LogP contribution in [0.5, 0.6) is 11.5 Å². The SMILES string of the molecule is Cc1cccc(C)c1OCC(=O)N(CCN(Cc1ccccc1)C(=O)COc1c(C)cccc1C)Cc1ccccc1. The molecule has 4 rings (SSSR count). The summed E-state index contributed by atoms with van der Waals surface area (Å²) in [6.45, 7) is 9.28. The third-order valence-electron chi connectivity index (χ3n) is 7.28. The quantitative estimate of drug-likeness (QED) is 0.188. The van der Waals surface area contributed by atoms with Crippen LogP contribution >= 0.6 is 0 Å². The van der Waals surface area contributed by atoms with E-state index in [1.54, 1.807) is 9.80 Å². The Morgan fingerprint density at radius 1 is 0.500 bits per heavy atom. The van der Waals surface area contributed by atoms with Crippen LogP contribution in [-0.4, -0.2) is 47.9 Å². The Morgan fingerprint density at radius 3 is 1.17 bits per heavy atom. The van der Waals surface area contributed by atoms with E-state index in [0.29, 0.717) is 26.2 Å². The summed E-state index contributed by atoms with van der Waals surface area (Å²) in [7, 11) is 0. The Balaban J connectivity index is 1.49. The van der Waals surface area contributed by atoms with Crippen LogP contribution in [0.15, 0.2) is 97.1 Å². The van der Waals surface area contributed by atoms with E-state index in [0.717, 1.165) is 44.9 Å². The highest BCUT2D eigenvalue weighted by atomic mass is 16.5. The molecule has 0 spiro atoms. The fourth-order valence-corrected chi connectivity index (χ4v) is 4.94. The Labute approximate surface area is 249 Å². The van der Waals surface area contributed by atoms with Gasteiger partial charge in [0.2, 0.25) is 0 Å². The topological polar surface area (TPSA) is 59.1 Å². The lowest BCUT2D eigenvalue weighted by Crippen LogP contribution is -2.43. The molecule has 0 aliphatic heterocycles. The van der Waals surface area contributed by atoms with Gasteiger partial charge in [0.1, 0.15) is 11.5 Å². The summed E-state index contributed by atoms with van der Waals surface area (Å²) in [5.41, 5.74) is 5.97. The molecular weight excluding hydrogens is 524 g/mol. The van der Waals surface area contributed by atoms with Crippen molar-refractivity contribution >= 4 is 11.8 Å². The molecule has 218 valence electrons. The van der Waals surface area contributed by atoms with Gasteiger partial charge in [-0.05, 0) is 61.1 Å². The number of aryl methyl sites for hydroxylation is 4. The average molecular weight is 565 g/mol. The van der Waals surface area contributed by atoms with Gasteiger partial charge >= 0.3 is 0 Å². The van der Waals surface area contributed by atoms with Crippen molar-refractivity contribution < 1.29 is 19.1 Å². The van der Waals surface area contributed by atoms with E-state index < -0.39 is 0 Å². The lowest BCUT2D eigenvalue weighted by molar-refractivity contribution is -0.138. The number of carbonyl (C=O) groups excluding carboxylic acids is 2. The van der Waals surface area contributed by atoms with Gasteiger partial charge < -0.3 is 19.3 Å².